The average Bonchev–Trinajstić information content (AvgIpc) is 3.48. The Balaban J connectivity index is 1.37. The van der Waals surface area contributed by atoms with Gasteiger partial charge in [-0.15, -0.1) is 0 Å². The number of H-pyrrole nitrogens is 1. The number of nitrogens with one attached hydrogen (secondary N) is 2. The second-order valence-corrected chi connectivity index (χ2v) is 11.3. The van der Waals surface area contributed by atoms with Gasteiger partial charge < -0.3 is 15.2 Å². The third kappa shape index (κ3) is 4.88. The van der Waals surface area contributed by atoms with Crippen LogP contribution in [0.2, 0.25) is 5.02 Å². The summed E-state index contributed by atoms with van der Waals surface area (Å²) in [5.41, 5.74) is 1.05. The number of rotatable bonds is 5. The fourth-order valence-electron chi connectivity index (χ4n) is 6.56. The van der Waals surface area contributed by atoms with Crippen LogP contribution < -0.4 is 5.32 Å². The number of ketones is 1. The van der Waals surface area contributed by atoms with E-state index in [9.17, 15) is 19.6 Å². The maximum absolute atomic E-state index is 13.7. The molecule has 1 aromatic carbocycles. The number of hydrogen-bond acceptors (Lipinski definition) is 4. The molecule has 2 heterocycles. The lowest BCUT2D eigenvalue weighted by Crippen LogP contribution is -2.49. The van der Waals surface area contributed by atoms with Crippen LogP contribution in [-0.4, -0.2) is 46.1 Å². The first-order valence-corrected chi connectivity index (χ1v) is 13.6. The van der Waals surface area contributed by atoms with Gasteiger partial charge in [-0.1, -0.05) is 49.4 Å². The summed E-state index contributed by atoms with van der Waals surface area (Å²) in [5.74, 6) is -0.506. The van der Waals surface area contributed by atoms with Crippen molar-refractivity contribution in [2.75, 3.05) is 6.54 Å². The maximum atomic E-state index is 13.7. The van der Waals surface area contributed by atoms with Crippen LogP contribution in [0.3, 0.4) is 0 Å². The molecule has 1 saturated heterocycles. The van der Waals surface area contributed by atoms with Gasteiger partial charge in [-0.2, -0.15) is 5.26 Å². The zero-order chi connectivity index (χ0) is 25.3. The lowest BCUT2D eigenvalue weighted by atomic mass is 9.72. The van der Waals surface area contributed by atoms with Crippen LogP contribution in [0.1, 0.15) is 81.1 Å². The van der Waals surface area contributed by atoms with E-state index < -0.39 is 12.1 Å². The Kier molecular flexibility index (Phi) is 7.07. The van der Waals surface area contributed by atoms with Gasteiger partial charge in [0.15, 0.2) is 0 Å². The molecule has 5 rings (SSSR count). The minimum Gasteiger partial charge on any atom is -0.349 e. The van der Waals surface area contributed by atoms with Gasteiger partial charge in [0.1, 0.15) is 23.6 Å². The molecule has 36 heavy (non-hydrogen) atoms. The summed E-state index contributed by atoms with van der Waals surface area (Å²) in [6.45, 7) is 0.533. The average molecular weight is 509 g/mol. The van der Waals surface area contributed by atoms with E-state index in [1.165, 1.54) is 6.42 Å². The molecular weight excluding hydrogens is 476 g/mol. The summed E-state index contributed by atoms with van der Waals surface area (Å²) >= 11 is 6.32. The molecular formula is C28H33ClN4O3. The first kappa shape index (κ1) is 24.8. The van der Waals surface area contributed by atoms with E-state index in [1.54, 1.807) is 17.0 Å². The summed E-state index contributed by atoms with van der Waals surface area (Å²) in [4.78, 5) is 44.5. The Bertz CT molecular complexity index is 1210. The number of carbonyl (C=O) groups excluding carboxylic acids is 3. The van der Waals surface area contributed by atoms with E-state index >= 15 is 0 Å². The summed E-state index contributed by atoms with van der Waals surface area (Å²) in [6, 6.07) is 8.11. The van der Waals surface area contributed by atoms with E-state index in [4.69, 9.17) is 11.6 Å². The Morgan fingerprint density at radius 1 is 1.22 bits per heavy atom. The lowest BCUT2D eigenvalue weighted by molar-refractivity contribution is -0.127. The Morgan fingerprint density at radius 2 is 2.03 bits per heavy atom. The molecule has 0 radical (unpaired) electrons. The fraction of sp³-hybridized carbons (Fsp3) is 0.571. The number of nitrogens with zero attached hydrogens (tertiary/aromatic N) is 2. The largest absolute Gasteiger partial charge is 0.349 e. The third-order valence-electron chi connectivity index (χ3n) is 8.50. The number of amides is 2. The molecule has 1 unspecified atom stereocenters. The maximum Gasteiger partial charge on any atom is 0.271 e. The summed E-state index contributed by atoms with van der Waals surface area (Å²) in [5, 5.41) is 14.0. The molecule has 2 saturated carbocycles. The topological polar surface area (TPSA) is 106 Å². The van der Waals surface area contributed by atoms with E-state index in [0.29, 0.717) is 42.0 Å². The van der Waals surface area contributed by atoms with Gasteiger partial charge in [0.05, 0.1) is 16.6 Å². The predicted octanol–water partition coefficient (Wildman–Crippen LogP) is 5.14. The Hall–Kier alpha value is -2.85. The lowest BCUT2D eigenvalue weighted by Gasteiger charge is -2.32. The number of fused-ring (bicyclic) bond motifs is 1. The second-order valence-electron chi connectivity index (χ2n) is 10.9. The molecule has 3 atom stereocenters. The van der Waals surface area contributed by atoms with Crippen molar-refractivity contribution in [1.82, 2.24) is 15.2 Å². The molecule has 3 fully saturated rings. The third-order valence-corrected chi connectivity index (χ3v) is 8.81. The zero-order valence-electron chi connectivity index (χ0n) is 20.5. The molecule has 2 N–H and O–H groups in total. The van der Waals surface area contributed by atoms with E-state index in [1.807, 2.05) is 12.1 Å². The number of Topliss-reactive ketones (excluding diaryl/α,β-unsaturated/α-hetero) is 1. The number of likely N-dealkylation sites (tertiary alicyclic amines) is 1. The first-order valence-electron chi connectivity index (χ1n) is 13.2. The predicted molar refractivity (Wildman–Crippen MR) is 137 cm³/mol. The zero-order valence-corrected chi connectivity index (χ0v) is 21.3. The number of hydrogen-bond donors (Lipinski definition) is 2. The highest BCUT2D eigenvalue weighted by Crippen LogP contribution is 2.47. The minimum absolute atomic E-state index is 0.0684. The van der Waals surface area contributed by atoms with Crippen LogP contribution in [0.15, 0.2) is 24.3 Å². The molecule has 190 valence electrons. The molecule has 1 aromatic heterocycles. The van der Waals surface area contributed by atoms with E-state index in [-0.39, 0.29) is 28.9 Å². The number of nitriles is 1. The molecule has 7 nitrogen and oxygen atoms in total. The quantitative estimate of drug-likeness (QED) is 0.582. The molecule has 2 amide bonds. The Labute approximate surface area is 216 Å². The highest BCUT2D eigenvalue weighted by Gasteiger charge is 2.49. The monoisotopic (exact) mass is 508 g/mol. The standard InChI is InChI=1S/C28H33ClN4O3/c29-21-9-6-8-19-14-22(32-25(19)21)27(36)33-17-28(11-4-1-5-12-28)15-23(33)26(35)31-20(16-30)13-18-7-2-3-10-24(18)34/h6,8-9,14,18,20,23,32H,1-5,7,10-13,15,17H2,(H,31,35)/t18-,20-,23?/m0/s1. The Morgan fingerprint density at radius 3 is 2.75 bits per heavy atom. The SMILES string of the molecule is N#C[C@H](C[C@@H]1CCCCC1=O)NC(=O)C1CC2(CCCCC2)CN1C(=O)c1cc2cccc(Cl)c2[nH]1. The smallest absolute Gasteiger partial charge is 0.271 e. The summed E-state index contributed by atoms with van der Waals surface area (Å²) < 4.78 is 0. The number of benzene rings is 1. The van der Waals surface area contributed by atoms with Crippen molar-refractivity contribution < 1.29 is 14.4 Å². The first-order chi connectivity index (χ1) is 17.4. The molecule has 0 bridgehead atoms. The van der Waals surface area contributed by atoms with Crippen LogP contribution in [0.4, 0.5) is 0 Å². The molecule has 8 heteroatoms. The van der Waals surface area contributed by atoms with Gasteiger partial charge >= 0.3 is 0 Å². The molecule has 3 aliphatic rings. The van der Waals surface area contributed by atoms with Crippen LogP contribution in [0.25, 0.3) is 10.9 Å². The van der Waals surface area contributed by atoms with Crippen LogP contribution in [0, 0.1) is 22.7 Å². The van der Waals surface area contributed by atoms with Crippen LogP contribution >= 0.6 is 11.6 Å². The van der Waals surface area contributed by atoms with Crippen molar-refractivity contribution in [3.05, 3.63) is 35.0 Å². The van der Waals surface area contributed by atoms with Crippen molar-refractivity contribution in [1.29, 1.82) is 5.26 Å². The summed E-state index contributed by atoms with van der Waals surface area (Å²) in [7, 11) is 0. The molecule has 1 spiro atoms. The van der Waals surface area contributed by atoms with E-state index in [0.717, 1.165) is 50.3 Å². The van der Waals surface area contributed by atoms with Crippen molar-refractivity contribution >= 4 is 40.1 Å². The van der Waals surface area contributed by atoms with E-state index in [2.05, 4.69) is 16.4 Å². The highest BCUT2D eigenvalue weighted by molar-refractivity contribution is 6.35. The highest BCUT2D eigenvalue weighted by atomic mass is 35.5. The second kappa shape index (κ2) is 10.3. The fourth-order valence-corrected chi connectivity index (χ4v) is 6.79. The normalized spacial score (nSPS) is 24.6. The number of carbonyl (C=O) groups is 3. The van der Waals surface area contributed by atoms with Gasteiger partial charge in [0.25, 0.3) is 5.91 Å². The van der Waals surface area contributed by atoms with Crippen molar-refractivity contribution in [2.24, 2.45) is 11.3 Å². The van der Waals surface area contributed by atoms with Gasteiger partial charge in [0, 0.05) is 24.3 Å². The van der Waals surface area contributed by atoms with Gasteiger partial charge in [-0.05, 0) is 56.1 Å². The van der Waals surface area contributed by atoms with Crippen molar-refractivity contribution in [3.8, 4) is 6.07 Å². The van der Waals surface area contributed by atoms with Crippen molar-refractivity contribution in [3.63, 3.8) is 0 Å². The molecule has 2 aromatic rings. The number of halogens is 1. The van der Waals surface area contributed by atoms with Gasteiger partial charge in [-0.25, -0.2) is 0 Å². The van der Waals surface area contributed by atoms with Gasteiger partial charge in [-0.3, -0.25) is 14.4 Å². The number of aromatic nitrogens is 1. The van der Waals surface area contributed by atoms with Gasteiger partial charge in [0.2, 0.25) is 5.91 Å². The minimum atomic E-state index is -0.740. The summed E-state index contributed by atoms with van der Waals surface area (Å²) in [6.07, 6.45) is 9.52. The van der Waals surface area contributed by atoms with Crippen LogP contribution in [-0.2, 0) is 9.59 Å². The van der Waals surface area contributed by atoms with Crippen molar-refractivity contribution in [2.45, 2.75) is 82.7 Å². The molecule has 2 aliphatic carbocycles. The number of para-hydroxylation sites is 1. The molecule has 1 aliphatic heterocycles. The number of aromatic amines is 1. The van der Waals surface area contributed by atoms with Crippen LogP contribution in [0.5, 0.6) is 0 Å².